The largest absolute Gasteiger partial charge is 0.481 e. The van der Waals surface area contributed by atoms with Crippen LogP contribution in [0.4, 0.5) is 0 Å². The van der Waals surface area contributed by atoms with Crippen LogP contribution in [0.3, 0.4) is 0 Å². The molecule has 0 bridgehead atoms. The summed E-state index contributed by atoms with van der Waals surface area (Å²) in [5, 5.41) is 7.31. The fourth-order valence-electron chi connectivity index (χ4n) is 2.32. The van der Waals surface area contributed by atoms with Crippen molar-refractivity contribution in [1.82, 2.24) is 25.4 Å². The quantitative estimate of drug-likeness (QED) is 0.873. The summed E-state index contributed by atoms with van der Waals surface area (Å²) in [6.45, 7) is 2.20. The molecule has 1 unspecified atom stereocenters. The minimum atomic E-state index is 0.477. The van der Waals surface area contributed by atoms with Gasteiger partial charge in [0.1, 0.15) is 12.0 Å². The fourth-order valence-corrected chi connectivity index (χ4v) is 2.32. The van der Waals surface area contributed by atoms with E-state index in [1.807, 2.05) is 0 Å². The third-order valence-corrected chi connectivity index (χ3v) is 3.48. The van der Waals surface area contributed by atoms with Crippen LogP contribution in [0.2, 0.25) is 0 Å². The van der Waals surface area contributed by atoms with E-state index in [4.69, 9.17) is 9.26 Å². The molecule has 1 fully saturated rings. The Morgan fingerprint density at radius 2 is 2.40 bits per heavy atom. The molecule has 20 heavy (non-hydrogen) atoms. The maximum absolute atomic E-state index is 5.27. The predicted octanol–water partition coefficient (Wildman–Crippen LogP) is 1.08. The molecule has 1 aliphatic rings. The highest BCUT2D eigenvalue weighted by Crippen LogP contribution is 2.19. The number of ether oxygens (including phenoxy) is 1. The van der Waals surface area contributed by atoms with E-state index in [-0.39, 0.29) is 0 Å². The first-order valence-corrected chi connectivity index (χ1v) is 6.75. The predicted molar refractivity (Wildman–Crippen MR) is 71.2 cm³/mol. The Morgan fingerprint density at radius 3 is 3.20 bits per heavy atom. The van der Waals surface area contributed by atoms with E-state index >= 15 is 0 Å². The van der Waals surface area contributed by atoms with Gasteiger partial charge in [-0.25, -0.2) is 9.97 Å². The normalized spacial score (nSPS) is 18.4. The molecule has 1 aliphatic heterocycles. The van der Waals surface area contributed by atoms with Crippen LogP contribution < -0.4 is 10.1 Å². The topological polar surface area (TPSA) is 86.0 Å². The number of hydrogen-bond acceptors (Lipinski definition) is 7. The minimum Gasteiger partial charge on any atom is -0.481 e. The van der Waals surface area contributed by atoms with Crippen LogP contribution in [0.1, 0.15) is 18.7 Å². The van der Waals surface area contributed by atoms with E-state index in [9.17, 15) is 0 Å². The molecule has 0 amide bonds. The lowest BCUT2D eigenvalue weighted by molar-refractivity contribution is 0.365. The fraction of sp³-hybridized carbons (Fsp3) is 0.538. The third kappa shape index (κ3) is 2.93. The summed E-state index contributed by atoms with van der Waals surface area (Å²) >= 11 is 0. The summed E-state index contributed by atoms with van der Waals surface area (Å²) in [4.78, 5) is 12.4. The lowest BCUT2D eigenvalue weighted by atomic mass is 10.0. The Bertz CT molecular complexity index is 565. The van der Waals surface area contributed by atoms with Crippen molar-refractivity contribution in [2.24, 2.45) is 5.92 Å². The summed E-state index contributed by atoms with van der Waals surface area (Å²) in [5.41, 5.74) is 0.606. The smallest absolute Gasteiger partial charge is 0.227 e. The Balaban J connectivity index is 1.66. The van der Waals surface area contributed by atoms with Crippen LogP contribution in [0.5, 0.6) is 5.88 Å². The van der Waals surface area contributed by atoms with Crippen LogP contribution in [0.15, 0.2) is 16.9 Å². The van der Waals surface area contributed by atoms with Gasteiger partial charge in [0.05, 0.1) is 7.11 Å². The van der Waals surface area contributed by atoms with E-state index in [0.29, 0.717) is 29.2 Å². The average Bonchev–Trinajstić information content (AvgIpc) is 3.16. The monoisotopic (exact) mass is 275 g/mol. The maximum atomic E-state index is 5.27. The molecule has 0 spiro atoms. The van der Waals surface area contributed by atoms with Gasteiger partial charge in [-0.15, -0.1) is 0 Å². The van der Waals surface area contributed by atoms with Gasteiger partial charge in [-0.1, -0.05) is 5.16 Å². The standard InChI is InChI=1S/C13H17N5O2/c1-19-12-6-10(15-8-16-12)13-17-11(20-18-13)3-2-9-4-5-14-7-9/h6,8-9,14H,2-5,7H2,1H3. The van der Waals surface area contributed by atoms with E-state index < -0.39 is 0 Å². The highest BCUT2D eigenvalue weighted by molar-refractivity contribution is 5.49. The number of nitrogens with one attached hydrogen (secondary N) is 1. The first kappa shape index (κ1) is 13.0. The molecule has 3 heterocycles. The molecule has 0 radical (unpaired) electrons. The number of aryl methyl sites for hydroxylation is 1. The number of aromatic nitrogens is 4. The molecule has 0 saturated carbocycles. The zero-order chi connectivity index (χ0) is 13.8. The van der Waals surface area contributed by atoms with Crippen molar-refractivity contribution in [1.29, 1.82) is 0 Å². The lowest BCUT2D eigenvalue weighted by Crippen LogP contribution is -2.09. The van der Waals surface area contributed by atoms with E-state index in [1.165, 1.54) is 12.7 Å². The number of rotatable bonds is 5. The molecule has 1 atom stereocenters. The second-order valence-corrected chi connectivity index (χ2v) is 4.85. The van der Waals surface area contributed by atoms with Crippen molar-refractivity contribution >= 4 is 0 Å². The molecule has 1 N–H and O–H groups in total. The molecular formula is C13H17N5O2. The van der Waals surface area contributed by atoms with Gasteiger partial charge >= 0.3 is 0 Å². The third-order valence-electron chi connectivity index (χ3n) is 3.48. The Hall–Kier alpha value is -2.02. The molecule has 0 aliphatic carbocycles. The second-order valence-electron chi connectivity index (χ2n) is 4.85. The minimum absolute atomic E-state index is 0.477. The molecule has 106 valence electrons. The van der Waals surface area contributed by atoms with Crippen molar-refractivity contribution < 1.29 is 9.26 Å². The van der Waals surface area contributed by atoms with Gasteiger partial charge in [-0.3, -0.25) is 0 Å². The Kier molecular flexibility index (Phi) is 3.87. The molecule has 7 heteroatoms. The van der Waals surface area contributed by atoms with E-state index in [0.717, 1.165) is 25.9 Å². The molecular weight excluding hydrogens is 258 g/mol. The molecule has 1 saturated heterocycles. The van der Waals surface area contributed by atoms with Gasteiger partial charge in [0.25, 0.3) is 0 Å². The molecule has 2 aromatic rings. The maximum Gasteiger partial charge on any atom is 0.227 e. The molecule has 7 nitrogen and oxygen atoms in total. The van der Waals surface area contributed by atoms with Crippen LogP contribution in [-0.4, -0.2) is 40.3 Å². The first-order chi connectivity index (χ1) is 9.85. The van der Waals surface area contributed by atoms with Crippen LogP contribution >= 0.6 is 0 Å². The van der Waals surface area contributed by atoms with Gasteiger partial charge in [-0.2, -0.15) is 4.98 Å². The van der Waals surface area contributed by atoms with Gasteiger partial charge in [0.15, 0.2) is 0 Å². The van der Waals surface area contributed by atoms with Crippen molar-refractivity contribution in [2.75, 3.05) is 20.2 Å². The highest BCUT2D eigenvalue weighted by atomic mass is 16.5. The van der Waals surface area contributed by atoms with Crippen molar-refractivity contribution in [3.8, 4) is 17.4 Å². The van der Waals surface area contributed by atoms with Gasteiger partial charge in [0.2, 0.25) is 17.6 Å². The number of methoxy groups -OCH3 is 1. The van der Waals surface area contributed by atoms with Crippen LogP contribution in [0.25, 0.3) is 11.5 Å². The summed E-state index contributed by atoms with van der Waals surface area (Å²) in [7, 11) is 1.56. The zero-order valence-electron chi connectivity index (χ0n) is 11.4. The second kappa shape index (κ2) is 5.96. The number of nitrogens with zero attached hydrogens (tertiary/aromatic N) is 4. The summed E-state index contributed by atoms with van der Waals surface area (Å²) in [6.07, 6.45) is 4.53. The van der Waals surface area contributed by atoms with Gasteiger partial charge in [0, 0.05) is 12.5 Å². The Labute approximate surface area is 116 Å². The molecule has 3 rings (SSSR count). The summed E-state index contributed by atoms with van der Waals surface area (Å²) in [6, 6.07) is 1.69. The Morgan fingerprint density at radius 1 is 1.45 bits per heavy atom. The highest BCUT2D eigenvalue weighted by Gasteiger charge is 2.17. The summed E-state index contributed by atoms with van der Waals surface area (Å²) < 4.78 is 10.3. The van der Waals surface area contributed by atoms with E-state index in [1.54, 1.807) is 13.2 Å². The van der Waals surface area contributed by atoms with Crippen molar-refractivity contribution in [2.45, 2.75) is 19.3 Å². The van der Waals surface area contributed by atoms with Crippen molar-refractivity contribution in [3.63, 3.8) is 0 Å². The molecule has 0 aromatic carbocycles. The van der Waals surface area contributed by atoms with Crippen LogP contribution in [-0.2, 0) is 6.42 Å². The molecule has 2 aromatic heterocycles. The average molecular weight is 275 g/mol. The van der Waals surface area contributed by atoms with E-state index in [2.05, 4.69) is 25.4 Å². The lowest BCUT2D eigenvalue weighted by Gasteiger charge is -2.03. The van der Waals surface area contributed by atoms with Crippen LogP contribution in [0, 0.1) is 5.92 Å². The summed E-state index contributed by atoms with van der Waals surface area (Å²) in [5.74, 6) is 2.33. The van der Waals surface area contributed by atoms with Crippen molar-refractivity contribution in [3.05, 3.63) is 18.3 Å². The number of hydrogen-bond donors (Lipinski definition) is 1. The first-order valence-electron chi connectivity index (χ1n) is 6.75. The zero-order valence-corrected chi connectivity index (χ0v) is 11.4. The SMILES string of the molecule is COc1cc(-c2noc(CCC3CCNC3)n2)ncn1. The van der Waals surface area contributed by atoms with Gasteiger partial charge < -0.3 is 14.6 Å². The van der Waals surface area contributed by atoms with Gasteiger partial charge in [-0.05, 0) is 31.8 Å².